The van der Waals surface area contributed by atoms with E-state index in [0.717, 1.165) is 35.5 Å². The first-order valence-electron chi connectivity index (χ1n) is 18.2. The van der Waals surface area contributed by atoms with Gasteiger partial charge >= 0.3 is 5.97 Å². The highest BCUT2D eigenvalue weighted by molar-refractivity contribution is 5.93. The average molecular weight is 750 g/mol. The molecule has 0 fully saturated rings. The number of aromatic nitrogens is 2. The van der Waals surface area contributed by atoms with Crippen molar-refractivity contribution in [1.82, 2.24) is 20.6 Å². The summed E-state index contributed by atoms with van der Waals surface area (Å²) < 4.78 is 33.6. The monoisotopic (exact) mass is 749 g/mol. The number of hydrogen-bond donors (Lipinski definition) is 4. The van der Waals surface area contributed by atoms with Gasteiger partial charge in [-0.1, -0.05) is 31.2 Å². The Labute approximate surface area is 315 Å². The first kappa shape index (κ1) is 41.7. The Morgan fingerprint density at radius 3 is 2.19 bits per heavy atom. The number of oxazole rings is 1. The van der Waals surface area contributed by atoms with E-state index in [4.69, 9.17) is 28.1 Å². The third-order valence-corrected chi connectivity index (χ3v) is 7.98. The number of ether oxygens (including phenoxy) is 5. The Balaban J connectivity index is 1.19. The molecule has 4 aromatic rings. The largest absolute Gasteiger partial charge is 0.489 e. The molecule has 0 saturated carbocycles. The van der Waals surface area contributed by atoms with Crippen molar-refractivity contribution in [3.05, 3.63) is 72.2 Å². The first-order valence-corrected chi connectivity index (χ1v) is 18.2. The van der Waals surface area contributed by atoms with E-state index in [1.165, 1.54) is 6.39 Å². The van der Waals surface area contributed by atoms with Crippen molar-refractivity contribution >= 4 is 34.7 Å². The number of pyridine rings is 1. The highest BCUT2D eigenvalue weighted by atomic mass is 16.6. The highest BCUT2D eigenvalue weighted by Gasteiger charge is 2.20. The molecule has 0 aliphatic rings. The number of hydrogen-bond acceptors (Lipinski definition) is 12. The summed E-state index contributed by atoms with van der Waals surface area (Å²) in [6, 6.07) is 13.8. The van der Waals surface area contributed by atoms with E-state index in [-0.39, 0.29) is 25.3 Å². The summed E-state index contributed by atoms with van der Waals surface area (Å²) in [4.78, 5) is 45.3. The third kappa shape index (κ3) is 14.7. The normalized spacial score (nSPS) is 11.7. The van der Waals surface area contributed by atoms with E-state index in [1.807, 2.05) is 43.3 Å². The van der Waals surface area contributed by atoms with Gasteiger partial charge in [0.15, 0.2) is 17.5 Å². The molecule has 292 valence electrons. The van der Waals surface area contributed by atoms with Gasteiger partial charge in [-0.05, 0) is 60.7 Å². The van der Waals surface area contributed by atoms with E-state index < -0.39 is 17.9 Å². The van der Waals surface area contributed by atoms with Crippen LogP contribution in [0.3, 0.4) is 0 Å². The van der Waals surface area contributed by atoms with Gasteiger partial charge in [-0.3, -0.25) is 14.4 Å². The van der Waals surface area contributed by atoms with Crippen LogP contribution in [-0.4, -0.2) is 105 Å². The molecule has 2 aromatic carbocycles. The Morgan fingerprint density at radius 1 is 0.833 bits per heavy atom. The molecule has 15 heteroatoms. The standard InChI is InChI=1S/C39H51N5O10/c1-3-15-49-16-17-50-18-19-51-20-21-52-22-23-53-33-11-10-31(39-38(33)43-27-54-39)29-6-8-30(9-7-29)32(25-37(47)48)44-36(46)26-42-35(45)5-4-13-40-34-24-28(2)12-14-41-34/h6-12,14,24,27,32H,3-5,13,15-23,25-26H2,1-2H3,(H,40,41)(H,42,45)(H,44,46)(H,47,48)/t32-/m0/s1. The highest BCUT2D eigenvalue weighted by Crippen LogP contribution is 2.34. The average Bonchev–Trinajstić information content (AvgIpc) is 3.66. The summed E-state index contributed by atoms with van der Waals surface area (Å²) >= 11 is 0. The topological polar surface area (TPSA) is 193 Å². The molecule has 2 amide bonds. The number of amides is 2. The lowest BCUT2D eigenvalue weighted by Gasteiger charge is -2.18. The van der Waals surface area contributed by atoms with Crippen LogP contribution in [0.5, 0.6) is 5.75 Å². The van der Waals surface area contributed by atoms with Crippen molar-refractivity contribution in [3.63, 3.8) is 0 Å². The molecule has 0 radical (unpaired) electrons. The van der Waals surface area contributed by atoms with Crippen LogP contribution in [0.2, 0.25) is 0 Å². The Bertz CT molecular complexity index is 1730. The molecule has 4 rings (SSSR count). The summed E-state index contributed by atoms with van der Waals surface area (Å²) in [5.41, 5.74) is 4.32. The second kappa shape index (κ2) is 23.5. The molecule has 54 heavy (non-hydrogen) atoms. The predicted molar refractivity (Wildman–Crippen MR) is 201 cm³/mol. The molecule has 2 heterocycles. The molecule has 0 bridgehead atoms. The van der Waals surface area contributed by atoms with Crippen molar-refractivity contribution in [2.45, 2.75) is 45.6 Å². The first-order chi connectivity index (χ1) is 26.3. The molecule has 0 saturated heterocycles. The van der Waals surface area contributed by atoms with Gasteiger partial charge in [0.2, 0.25) is 11.8 Å². The molecular formula is C39H51N5O10. The number of aliphatic carboxylic acids is 1. The number of carboxylic acid groups (broad SMARTS) is 1. The lowest BCUT2D eigenvalue weighted by molar-refractivity contribution is -0.138. The predicted octanol–water partition coefficient (Wildman–Crippen LogP) is 4.69. The van der Waals surface area contributed by atoms with Crippen LogP contribution < -0.4 is 20.7 Å². The lowest BCUT2D eigenvalue weighted by atomic mass is 9.98. The van der Waals surface area contributed by atoms with Crippen molar-refractivity contribution < 1.29 is 47.6 Å². The van der Waals surface area contributed by atoms with E-state index in [0.29, 0.717) is 88.2 Å². The van der Waals surface area contributed by atoms with Crippen molar-refractivity contribution in [2.24, 2.45) is 0 Å². The molecule has 0 aliphatic heterocycles. The fourth-order valence-electron chi connectivity index (χ4n) is 5.32. The number of anilines is 1. The number of benzene rings is 2. The van der Waals surface area contributed by atoms with Crippen LogP contribution in [0.25, 0.3) is 22.2 Å². The molecule has 1 atom stereocenters. The summed E-state index contributed by atoms with van der Waals surface area (Å²) in [5, 5.41) is 18.0. The summed E-state index contributed by atoms with van der Waals surface area (Å²) in [6.07, 6.45) is 4.49. The van der Waals surface area contributed by atoms with Crippen LogP contribution in [-0.2, 0) is 33.3 Å². The molecule has 0 aliphatic carbocycles. The molecule has 0 spiro atoms. The fourth-order valence-corrected chi connectivity index (χ4v) is 5.32. The fraction of sp³-hybridized carbons (Fsp3) is 0.462. The number of nitrogens with zero attached hydrogens (tertiary/aromatic N) is 2. The van der Waals surface area contributed by atoms with E-state index in [1.54, 1.807) is 18.3 Å². The molecule has 4 N–H and O–H groups in total. The smallest absolute Gasteiger partial charge is 0.305 e. The number of fused-ring (bicyclic) bond motifs is 1. The number of carboxylic acids is 1. The summed E-state index contributed by atoms with van der Waals surface area (Å²) in [5.74, 6) is -0.573. The summed E-state index contributed by atoms with van der Waals surface area (Å²) in [7, 11) is 0. The zero-order valence-corrected chi connectivity index (χ0v) is 31.0. The number of carbonyl (C=O) groups excluding carboxylic acids is 2. The Hall–Kier alpha value is -5.09. The van der Waals surface area contributed by atoms with E-state index >= 15 is 0 Å². The van der Waals surface area contributed by atoms with Crippen LogP contribution in [0.15, 0.2) is 65.5 Å². The van der Waals surface area contributed by atoms with Gasteiger partial charge < -0.3 is 49.2 Å². The number of nitrogens with one attached hydrogen (secondary N) is 3. The number of aryl methyl sites for hydroxylation is 1. The van der Waals surface area contributed by atoms with Gasteiger partial charge in [-0.25, -0.2) is 9.97 Å². The lowest BCUT2D eigenvalue weighted by Crippen LogP contribution is -2.39. The van der Waals surface area contributed by atoms with E-state index in [9.17, 15) is 19.5 Å². The quantitative estimate of drug-likeness (QED) is 0.0615. The van der Waals surface area contributed by atoms with Crippen molar-refractivity contribution in [2.75, 3.05) is 77.9 Å². The van der Waals surface area contributed by atoms with E-state index in [2.05, 4.69) is 32.8 Å². The van der Waals surface area contributed by atoms with Gasteiger partial charge in [-0.15, -0.1) is 0 Å². The van der Waals surface area contributed by atoms with Gasteiger partial charge in [-0.2, -0.15) is 0 Å². The number of rotatable bonds is 27. The van der Waals surface area contributed by atoms with Crippen LogP contribution in [0.1, 0.15) is 49.8 Å². The Kier molecular flexibility index (Phi) is 18.2. The van der Waals surface area contributed by atoms with Crippen LogP contribution >= 0.6 is 0 Å². The van der Waals surface area contributed by atoms with Crippen molar-refractivity contribution in [3.8, 4) is 16.9 Å². The molecule has 15 nitrogen and oxygen atoms in total. The molecule has 0 unspecified atom stereocenters. The second-order valence-electron chi connectivity index (χ2n) is 12.3. The van der Waals surface area contributed by atoms with Gasteiger partial charge in [0.1, 0.15) is 18.2 Å². The molecular weight excluding hydrogens is 698 g/mol. The van der Waals surface area contributed by atoms with Crippen LogP contribution in [0.4, 0.5) is 5.82 Å². The SMILES string of the molecule is CCCOCCOCCOCCOCCOc1ccc(-c2ccc([C@H](CC(=O)O)NC(=O)CNC(=O)CCCNc3cc(C)ccn3)cc2)c2ocnc12. The minimum Gasteiger partial charge on any atom is -0.489 e. The summed E-state index contributed by atoms with van der Waals surface area (Å²) in [6.45, 7) is 8.74. The molecule has 2 aromatic heterocycles. The Morgan fingerprint density at radius 2 is 1.52 bits per heavy atom. The van der Waals surface area contributed by atoms with Gasteiger partial charge in [0, 0.05) is 31.3 Å². The minimum atomic E-state index is -1.08. The van der Waals surface area contributed by atoms with Gasteiger partial charge in [0.05, 0.1) is 65.3 Å². The number of carbonyl (C=O) groups is 3. The maximum absolute atomic E-state index is 12.7. The zero-order valence-electron chi connectivity index (χ0n) is 31.0. The maximum Gasteiger partial charge on any atom is 0.305 e. The van der Waals surface area contributed by atoms with Crippen LogP contribution in [0, 0.1) is 6.92 Å². The minimum absolute atomic E-state index is 0.218. The third-order valence-electron chi connectivity index (χ3n) is 7.98. The zero-order chi connectivity index (χ0) is 38.4. The van der Waals surface area contributed by atoms with Gasteiger partial charge in [0.25, 0.3) is 0 Å². The van der Waals surface area contributed by atoms with Crippen molar-refractivity contribution in [1.29, 1.82) is 0 Å². The second-order valence-corrected chi connectivity index (χ2v) is 12.3. The maximum atomic E-state index is 12.7.